The van der Waals surface area contributed by atoms with E-state index >= 15 is 0 Å². The van der Waals surface area contributed by atoms with Gasteiger partial charge in [0, 0.05) is 12.6 Å². The number of fused-ring (bicyclic) bond motifs is 1. The average Bonchev–Trinajstić information content (AvgIpc) is 2.77. The Hall–Kier alpha value is -1.55. The van der Waals surface area contributed by atoms with E-state index in [-0.39, 0.29) is 0 Å². The molecule has 4 heteroatoms. The summed E-state index contributed by atoms with van der Waals surface area (Å²) in [5, 5.41) is 0. The molecule has 1 N–H and O–H groups in total. The first-order chi connectivity index (χ1) is 7.86. The zero-order valence-electron chi connectivity index (χ0n) is 9.31. The van der Waals surface area contributed by atoms with Crippen molar-refractivity contribution in [3.8, 4) is 0 Å². The molecular weight excluding hydrogens is 202 g/mol. The predicted octanol–water partition coefficient (Wildman–Crippen LogP) is 1.79. The van der Waals surface area contributed by atoms with Gasteiger partial charge in [0.15, 0.2) is 0 Å². The van der Waals surface area contributed by atoms with Gasteiger partial charge in [0.1, 0.15) is 5.52 Å². The fourth-order valence-corrected chi connectivity index (χ4v) is 2.27. The van der Waals surface area contributed by atoms with Crippen molar-refractivity contribution in [2.24, 2.45) is 0 Å². The summed E-state index contributed by atoms with van der Waals surface area (Å²) in [4.78, 5) is 9.90. The van der Waals surface area contributed by atoms with E-state index in [1.165, 1.54) is 5.69 Å². The lowest BCUT2D eigenvalue weighted by Gasteiger charge is -2.35. The molecule has 1 fully saturated rings. The molecule has 0 spiro atoms. The Kier molecular flexibility index (Phi) is 2.29. The number of morpholine rings is 1. The maximum absolute atomic E-state index is 5.46. The van der Waals surface area contributed by atoms with Crippen LogP contribution < -0.4 is 4.90 Å². The first kappa shape index (κ1) is 9.66. The van der Waals surface area contributed by atoms with Gasteiger partial charge in [-0.25, -0.2) is 4.98 Å². The van der Waals surface area contributed by atoms with Crippen LogP contribution in [0.5, 0.6) is 0 Å². The molecule has 0 radical (unpaired) electrons. The number of imidazole rings is 1. The van der Waals surface area contributed by atoms with Gasteiger partial charge in [-0.3, -0.25) is 0 Å². The Morgan fingerprint density at radius 3 is 3.31 bits per heavy atom. The van der Waals surface area contributed by atoms with Crippen molar-refractivity contribution in [2.75, 3.05) is 24.7 Å². The van der Waals surface area contributed by atoms with Gasteiger partial charge in [-0.1, -0.05) is 6.07 Å². The normalized spacial score (nSPS) is 21.6. The van der Waals surface area contributed by atoms with Crippen LogP contribution in [0.2, 0.25) is 0 Å². The molecule has 1 saturated heterocycles. The van der Waals surface area contributed by atoms with Crippen molar-refractivity contribution < 1.29 is 4.74 Å². The number of aromatic nitrogens is 2. The summed E-state index contributed by atoms with van der Waals surface area (Å²) in [7, 11) is 0. The molecule has 2 heterocycles. The zero-order chi connectivity index (χ0) is 11.0. The number of aromatic amines is 1. The van der Waals surface area contributed by atoms with E-state index in [1.54, 1.807) is 6.33 Å². The van der Waals surface area contributed by atoms with Crippen molar-refractivity contribution in [1.82, 2.24) is 9.97 Å². The number of benzene rings is 1. The molecule has 84 valence electrons. The molecule has 16 heavy (non-hydrogen) atoms. The Bertz CT molecular complexity index is 494. The minimum Gasteiger partial charge on any atom is -0.377 e. The van der Waals surface area contributed by atoms with Crippen LogP contribution in [0.25, 0.3) is 11.0 Å². The molecule has 0 amide bonds. The Balaban J connectivity index is 2.07. The maximum atomic E-state index is 5.46. The standard InChI is InChI=1S/C12H15N3O/c1-9-7-16-6-5-15(9)11-4-2-3-10-12(11)14-8-13-10/h2-4,8-9H,5-7H2,1H3,(H,13,14). The molecule has 1 aromatic heterocycles. The van der Waals surface area contributed by atoms with Crippen LogP contribution >= 0.6 is 0 Å². The van der Waals surface area contributed by atoms with Crippen molar-refractivity contribution in [3.05, 3.63) is 24.5 Å². The molecule has 2 aromatic rings. The number of nitrogens with one attached hydrogen (secondary N) is 1. The molecule has 0 bridgehead atoms. The molecule has 0 aliphatic carbocycles. The first-order valence-electron chi connectivity index (χ1n) is 5.63. The molecular formula is C12H15N3O. The summed E-state index contributed by atoms with van der Waals surface area (Å²) in [6.45, 7) is 4.71. The van der Waals surface area contributed by atoms with Gasteiger partial charge in [0.05, 0.1) is 30.7 Å². The summed E-state index contributed by atoms with van der Waals surface area (Å²) in [6.07, 6.45) is 1.75. The van der Waals surface area contributed by atoms with Crippen LogP contribution in [0.1, 0.15) is 6.92 Å². The Morgan fingerprint density at radius 1 is 1.50 bits per heavy atom. The van der Waals surface area contributed by atoms with Crippen LogP contribution in [-0.2, 0) is 4.74 Å². The summed E-state index contributed by atoms with van der Waals surface area (Å²) in [5.74, 6) is 0. The summed E-state index contributed by atoms with van der Waals surface area (Å²) >= 11 is 0. The molecule has 4 nitrogen and oxygen atoms in total. The van der Waals surface area contributed by atoms with Gasteiger partial charge in [0.2, 0.25) is 0 Å². The van der Waals surface area contributed by atoms with Gasteiger partial charge in [-0.15, -0.1) is 0 Å². The summed E-state index contributed by atoms with van der Waals surface area (Å²) in [6, 6.07) is 6.66. The number of anilines is 1. The smallest absolute Gasteiger partial charge is 0.112 e. The third kappa shape index (κ3) is 1.46. The maximum Gasteiger partial charge on any atom is 0.112 e. The van der Waals surface area contributed by atoms with Gasteiger partial charge < -0.3 is 14.6 Å². The average molecular weight is 217 g/mol. The number of para-hydroxylation sites is 1. The van der Waals surface area contributed by atoms with E-state index < -0.39 is 0 Å². The molecule has 1 unspecified atom stereocenters. The van der Waals surface area contributed by atoms with E-state index in [2.05, 4.69) is 40.0 Å². The third-order valence-corrected chi connectivity index (χ3v) is 3.11. The van der Waals surface area contributed by atoms with E-state index in [0.717, 1.165) is 30.8 Å². The number of hydrogen-bond acceptors (Lipinski definition) is 3. The second kappa shape index (κ2) is 3.79. The SMILES string of the molecule is CC1COCCN1c1cccc2[nH]cnc12. The van der Waals surface area contributed by atoms with Crippen molar-refractivity contribution in [2.45, 2.75) is 13.0 Å². The second-order valence-corrected chi connectivity index (χ2v) is 4.19. The summed E-state index contributed by atoms with van der Waals surface area (Å²) in [5.41, 5.74) is 3.35. The number of rotatable bonds is 1. The van der Waals surface area contributed by atoms with Crippen molar-refractivity contribution in [3.63, 3.8) is 0 Å². The third-order valence-electron chi connectivity index (χ3n) is 3.11. The van der Waals surface area contributed by atoms with E-state index in [9.17, 15) is 0 Å². The Morgan fingerprint density at radius 2 is 2.44 bits per heavy atom. The highest BCUT2D eigenvalue weighted by atomic mass is 16.5. The molecule has 3 rings (SSSR count). The Labute approximate surface area is 94.2 Å². The van der Waals surface area contributed by atoms with Gasteiger partial charge >= 0.3 is 0 Å². The fourth-order valence-electron chi connectivity index (χ4n) is 2.27. The quantitative estimate of drug-likeness (QED) is 0.791. The largest absolute Gasteiger partial charge is 0.377 e. The number of H-pyrrole nitrogens is 1. The van der Waals surface area contributed by atoms with Crippen LogP contribution in [0.15, 0.2) is 24.5 Å². The lowest BCUT2D eigenvalue weighted by atomic mass is 10.2. The number of nitrogens with zero attached hydrogens (tertiary/aromatic N) is 2. The highest BCUT2D eigenvalue weighted by Gasteiger charge is 2.21. The van der Waals surface area contributed by atoms with Gasteiger partial charge in [0.25, 0.3) is 0 Å². The van der Waals surface area contributed by atoms with E-state index in [4.69, 9.17) is 4.74 Å². The molecule has 1 atom stereocenters. The van der Waals surface area contributed by atoms with Crippen LogP contribution in [0, 0.1) is 0 Å². The predicted molar refractivity (Wildman–Crippen MR) is 63.7 cm³/mol. The lowest BCUT2D eigenvalue weighted by Crippen LogP contribution is -2.43. The first-order valence-corrected chi connectivity index (χ1v) is 5.63. The number of ether oxygens (including phenoxy) is 1. The highest BCUT2D eigenvalue weighted by Crippen LogP contribution is 2.26. The molecule has 1 aromatic carbocycles. The zero-order valence-corrected chi connectivity index (χ0v) is 9.31. The fraction of sp³-hybridized carbons (Fsp3) is 0.417. The van der Waals surface area contributed by atoms with Crippen LogP contribution in [-0.4, -0.2) is 35.8 Å². The topological polar surface area (TPSA) is 41.1 Å². The molecule has 1 aliphatic rings. The monoisotopic (exact) mass is 217 g/mol. The second-order valence-electron chi connectivity index (χ2n) is 4.19. The van der Waals surface area contributed by atoms with Crippen LogP contribution in [0.4, 0.5) is 5.69 Å². The van der Waals surface area contributed by atoms with Gasteiger partial charge in [-0.05, 0) is 19.1 Å². The van der Waals surface area contributed by atoms with E-state index in [1.807, 2.05) is 0 Å². The van der Waals surface area contributed by atoms with Crippen LogP contribution in [0.3, 0.4) is 0 Å². The number of hydrogen-bond donors (Lipinski definition) is 1. The van der Waals surface area contributed by atoms with E-state index in [0.29, 0.717) is 6.04 Å². The highest BCUT2D eigenvalue weighted by molar-refractivity contribution is 5.88. The minimum atomic E-state index is 0.413. The van der Waals surface area contributed by atoms with Gasteiger partial charge in [-0.2, -0.15) is 0 Å². The van der Waals surface area contributed by atoms with Crippen molar-refractivity contribution in [1.29, 1.82) is 0 Å². The van der Waals surface area contributed by atoms with Crippen molar-refractivity contribution >= 4 is 16.7 Å². The lowest BCUT2D eigenvalue weighted by molar-refractivity contribution is 0.0991. The molecule has 0 saturated carbocycles. The minimum absolute atomic E-state index is 0.413. The summed E-state index contributed by atoms with van der Waals surface area (Å²) < 4.78 is 5.46. The molecule has 1 aliphatic heterocycles.